The number of nitrogens with zero attached hydrogens (tertiary/aromatic N) is 1. The van der Waals surface area contributed by atoms with E-state index in [1.807, 2.05) is 0 Å². The summed E-state index contributed by atoms with van der Waals surface area (Å²) in [6, 6.07) is 0. The molecule has 1 saturated heterocycles. The summed E-state index contributed by atoms with van der Waals surface area (Å²) in [4.78, 5) is 13.6. The highest BCUT2D eigenvalue weighted by atomic mass is 16.3. The van der Waals surface area contributed by atoms with Gasteiger partial charge in [0.1, 0.15) is 5.60 Å². The molecular formula is C12H23NO2. The summed E-state index contributed by atoms with van der Waals surface area (Å²) < 4.78 is 0. The van der Waals surface area contributed by atoms with Crippen LogP contribution in [0, 0.1) is 11.8 Å². The average Bonchev–Trinajstić information content (AvgIpc) is 2.15. The Kier molecular flexibility index (Phi) is 3.77. The van der Waals surface area contributed by atoms with Gasteiger partial charge in [-0.25, -0.2) is 0 Å². The third-order valence-corrected chi connectivity index (χ3v) is 3.29. The van der Waals surface area contributed by atoms with Gasteiger partial charge in [0, 0.05) is 13.1 Å². The Hall–Kier alpha value is -0.570. The SMILES string of the molecule is CC(C)C1CCN(C(=O)C(C)(C)O)CC1. The molecule has 1 amide bonds. The molecule has 0 aromatic rings. The number of hydrogen-bond donors (Lipinski definition) is 1. The van der Waals surface area contributed by atoms with Gasteiger partial charge in [-0.2, -0.15) is 0 Å². The molecule has 15 heavy (non-hydrogen) atoms. The Bertz CT molecular complexity index is 222. The second-order valence-corrected chi connectivity index (χ2v) is 5.43. The molecule has 1 heterocycles. The molecule has 0 aliphatic carbocycles. The van der Waals surface area contributed by atoms with Crippen LogP contribution in [0.15, 0.2) is 0 Å². The number of likely N-dealkylation sites (tertiary alicyclic amines) is 1. The second-order valence-electron chi connectivity index (χ2n) is 5.43. The topological polar surface area (TPSA) is 40.5 Å². The Morgan fingerprint density at radius 1 is 1.33 bits per heavy atom. The lowest BCUT2D eigenvalue weighted by molar-refractivity contribution is -0.149. The largest absolute Gasteiger partial charge is 0.381 e. The van der Waals surface area contributed by atoms with Crippen LogP contribution in [-0.4, -0.2) is 34.6 Å². The molecule has 0 bridgehead atoms. The lowest BCUT2D eigenvalue weighted by Crippen LogP contribution is -2.48. The molecule has 0 saturated carbocycles. The first kappa shape index (κ1) is 12.5. The fraction of sp³-hybridized carbons (Fsp3) is 0.917. The summed E-state index contributed by atoms with van der Waals surface area (Å²) in [5, 5.41) is 9.62. The minimum atomic E-state index is -1.22. The van der Waals surface area contributed by atoms with Crippen LogP contribution in [0.4, 0.5) is 0 Å². The number of amides is 1. The lowest BCUT2D eigenvalue weighted by Gasteiger charge is -2.36. The van der Waals surface area contributed by atoms with Crippen LogP contribution in [0.2, 0.25) is 0 Å². The minimum absolute atomic E-state index is 0.135. The second kappa shape index (κ2) is 4.52. The van der Waals surface area contributed by atoms with Crippen molar-refractivity contribution in [2.24, 2.45) is 11.8 Å². The number of carbonyl (C=O) groups excluding carboxylic acids is 1. The Morgan fingerprint density at radius 3 is 2.13 bits per heavy atom. The highest BCUT2D eigenvalue weighted by Crippen LogP contribution is 2.25. The van der Waals surface area contributed by atoms with Crippen LogP contribution in [0.5, 0.6) is 0 Å². The van der Waals surface area contributed by atoms with Gasteiger partial charge in [-0.15, -0.1) is 0 Å². The first-order valence-corrected chi connectivity index (χ1v) is 5.84. The molecule has 0 unspecified atom stereocenters. The molecule has 1 rings (SSSR count). The van der Waals surface area contributed by atoms with Gasteiger partial charge in [-0.3, -0.25) is 4.79 Å². The minimum Gasteiger partial charge on any atom is -0.381 e. The molecule has 0 atom stereocenters. The summed E-state index contributed by atoms with van der Waals surface area (Å²) >= 11 is 0. The van der Waals surface area contributed by atoms with Gasteiger partial charge in [-0.1, -0.05) is 13.8 Å². The average molecular weight is 213 g/mol. The zero-order valence-electron chi connectivity index (χ0n) is 10.3. The standard InChI is InChI=1S/C12H23NO2/c1-9(2)10-5-7-13(8-6-10)11(14)12(3,4)15/h9-10,15H,5-8H2,1-4H3. The molecule has 1 aliphatic rings. The van der Waals surface area contributed by atoms with Crippen molar-refractivity contribution >= 4 is 5.91 Å². The molecule has 88 valence electrons. The highest BCUT2D eigenvalue weighted by molar-refractivity contribution is 5.84. The fourth-order valence-electron chi connectivity index (χ4n) is 2.16. The summed E-state index contributed by atoms with van der Waals surface area (Å²) in [6.07, 6.45) is 2.14. The van der Waals surface area contributed by atoms with E-state index < -0.39 is 5.60 Å². The number of rotatable bonds is 2. The smallest absolute Gasteiger partial charge is 0.253 e. The van der Waals surface area contributed by atoms with Crippen LogP contribution in [-0.2, 0) is 4.79 Å². The molecule has 0 aromatic heterocycles. The molecule has 0 aromatic carbocycles. The molecule has 3 heteroatoms. The van der Waals surface area contributed by atoms with Gasteiger partial charge < -0.3 is 10.0 Å². The van der Waals surface area contributed by atoms with E-state index >= 15 is 0 Å². The van der Waals surface area contributed by atoms with Gasteiger partial charge in [0.2, 0.25) is 0 Å². The molecule has 0 spiro atoms. The van der Waals surface area contributed by atoms with Crippen LogP contribution < -0.4 is 0 Å². The van der Waals surface area contributed by atoms with Crippen molar-refractivity contribution < 1.29 is 9.90 Å². The Balaban J connectivity index is 2.48. The van der Waals surface area contributed by atoms with E-state index in [2.05, 4.69) is 13.8 Å². The highest BCUT2D eigenvalue weighted by Gasteiger charge is 2.32. The van der Waals surface area contributed by atoms with Crippen molar-refractivity contribution in [1.82, 2.24) is 4.90 Å². The van der Waals surface area contributed by atoms with E-state index in [1.165, 1.54) is 0 Å². The predicted octanol–water partition coefficient (Wildman–Crippen LogP) is 1.65. The van der Waals surface area contributed by atoms with Crippen molar-refractivity contribution in [3.8, 4) is 0 Å². The summed E-state index contributed by atoms with van der Waals surface area (Å²) in [5.41, 5.74) is -1.22. The maximum atomic E-state index is 11.8. The first-order chi connectivity index (χ1) is 6.82. The van der Waals surface area contributed by atoms with Crippen molar-refractivity contribution in [3.63, 3.8) is 0 Å². The van der Waals surface area contributed by atoms with Gasteiger partial charge in [0.05, 0.1) is 0 Å². The van der Waals surface area contributed by atoms with E-state index in [-0.39, 0.29) is 5.91 Å². The van der Waals surface area contributed by atoms with Crippen molar-refractivity contribution in [3.05, 3.63) is 0 Å². The maximum Gasteiger partial charge on any atom is 0.253 e. The van der Waals surface area contributed by atoms with Crippen molar-refractivity contribution in [1.29, 1.82) is 0 Å². The van der Waals surface area contributed by atoms with E-state index in [0.717, 1.165) is 31.8 Å². The number of carbonyl (C=O) groups is 1. The van der Waals surface area contributed by atoms with Crippen molar-refractivity contribution in [2.75, 3.05) is 13.1 Å². The van der Waals surface area contributed by atoms with Gasteiger partial charge in [-0.05, 0) is 38.5 Å². The molecule has 3 nitrogen and oxygen atoms in total. The van der Waals surface area contributed by atoms with Gasteiger partial charge >= 0.3 is 0 Å². The monoisotopic (exact) mass is 213 g/mol. The van der Waals surface area contributed by atoms with Crippen LogP contribution >= 0.6 is 0 Å². The van der Waals surface area contributed by atoms with Crippen LogP contribution in [0.25, 0.3) is 0 Å². The first-order valence-electron chi connectivity index (χ1n) is 5.84. The van der Waals surface area contributed by atoms with E-state index in [4.69, 9.17) is 0 Å². The maximum absolute atomic E-state index is 11.8. The fourth-order valence-corrected chi connectivity index (χ4v) is 2.16. The third-order valence-electron chi connectivity index (χ3n) is 3.29. The normalized spacial score (nSPS) is 19.7. The summed E-state index contributed by atoms with van der Waals surface area (Å²) in [5.74, 6) is 1.30. The zero-order chi connectivity index (χ0) is 11.6. The number of piperidine rings is 1. The van der Waals surface area contributed by atoms with Crippen LogP contribution in [0.3, 0.4) is 0 Å². The van der Waals surface area contributed by atoms with E-state index in [1.54, 1.807) is 18.7 Å². The van der Waals surface area contributed by atoms with E-state index in [9.17, 15) is 9.90 Å². The van der Waals surface area contributed by atoms with E-state index in [0.29, 0.717) is 5.92 Å². The Labute approximate surface area is 92.5 Å². The summed E-state index contributed by atoms with van der Waals surface area (Å²) in [7, 11) is 0. The van der Waals surface area contributed by atoms with Gasteiger partial charge in [0.25, 0.3) is 5.91 Å². The zero-order valence-corrected chi connectivity index (χ0v) is 10.3. The lowest BCUT2D eigenvalue weighted by atomic mass is 9.86. The Morgan fingerprint density at radius 2 is 1.80 bits per heavy atom. The van der Waals surface area contributed by atoms with Crippen molar-refractivity contribution in [2.45, 2.75) is 46.1 Å². The quantitative estimate of drug-likeness (QED) is 0.757. The summed E-state index contributed by atoms with van der Waals surface area (Å²) in [6.45, 7) is 9.18. The predicted molar refractivity (Wildman–Crippen MR) is 60.4 cm³/mol. The third kappa shape index (κ3) is 3.20. The van der Waals surface area contributed by atoms with Gasteiger partial charge in [0.15, 0.2) is 0 Å². The molecule has 1 fully saturated rings. The molecule has 0 radical (unpaired) electrons. The molecule has 1 N–H and O–H groups in total. The number of hydrogen-bond acceptors (Lipinski definition) is 2. The molecular weight excluding hydrogens is 190 g/mol. The van der Waals surface area contributed by atoms with Crippen LogP contribution in [0.1, 0.15) is 40.5 Å². The molecule has 1 aliphatic heterocycles. The number of aliphatic hydroxyl groups is 1.